The minimum atomic E-state index is -1.48. The standard InChI is InChI=1S/C31H35N2O/c1-19(2)13-22-14-21(4)33(5)28(15-22)29-20(3)11-12-26-27-17-24(23-9-7-6-8-10-23)16-25(18-32)30(27)34-31(26)29/h11-12,14-17,19,23H,6-10,13H2,1-5H3/q+1/i13D2,23D. The summed E-state index contributed by atoms with van der Waals surface area (Å²) in [6.45, 7) is 7.84. The predicted octanol–water partition coefficient (Wildman–Crippen LogP) is 7.81. The Morgan fingerprint density at radius 1 is 1.09 bits per heavy atom. The molecule has 0 radical (unpaired) electrons. The van der Waals surface area contributed by atoms with Gasteiger partial charge in [0.15, 0.2) is 11.3 Å². The van der Waals surface area contributed by atoms with Crippen molar-refractivity contribution in [1.82, 2.24) is 0 Å². The normalized spacial score (nSPS) is 17.5. The summed E-state index contributed by atoms with van der Waals surface area (Å²) in [6, 6.07) is 14.2. The lowest BCUT2D eigenvalue weighted by atomic mass is 9.83. The number of nitriles is 1. The van der Waals surface area contributed by atoms with Crippen LogP contribution in [0.4, 0.5) is 0 Å². The van der Waals surface area contributed by atoms with Crippen LogP contribution >= 0.6 is 0 Å². The van der Waals surface area contributed by atoms with Crippen LogP contribution in [-0.2, 0) is 13.4 Å². The number of rotatable bonds is 4. The van der Waals surface area contributed by atoms with Crippen molar-refractivity contribution in [2.45, 2.75) is 72.1 Å². The molecule has 4 aromatic rings. The highest BCUT2D eigenvalue weighted by atomic mass is 16.3. The number of pyridine rings is 1. The highest BCUT2D eigenvalue weighted by molar-refractivity contribution is 6.11. The molecule has 0 atom stereocenters. The first-order valence-electron chi connectivity index (χ1n) is 13.9. The number of furan rings is 1. The number of hydrogen-bond acceptors (Lipinski definition) is 2. The fourth-order valence-corrected chi connectivity index (χ4v) is 5.37. The van der Waals surface area contributed by atoms with Crippen molar-refractivity contribution in [3.05, 3.63) is 64.3 Å². The molecule has 0 spiro atoms. The van der Waals surface area contributed by atoms with Crippen LogP contribution < -0.4 is 4.57 Å². The van der Waals surface area contributed by atoms with E-state index in [-0.39, 0.29) is 5.92 Å². The largest absolute Gasteiger partial charge is 0.454 e. The summed E-state index contributed by atoms with van der Waals surface area (Å²) in [4.78, 5) is 0. The second-order valence-electron chi connectivity index (χ2n) is 10.0. The van der Waals surface area contributed by atoms with E-state index in [0.717, 1.165) is 71.0 Å². The van der Waals surface area contributed by atoms with Crippen LogP contribution in [0.15, 0.2) is 40.8 Å². The molecule has 1 fully saturated rings. The molecular formula is C31H35N2O+. The van der Waals surface area contributed by atoms with Gasteiger partial charge in [0.05, 0.1) is 11.1 Å². The third-order valence-corrected chi connectivity index (χ3v) is 7.19. The van der Waals surface area contributed by atoms with Crippen LogP contribution in [0, 0.1) is 31.1 Å². The first kappa shape index (κ1) is 19.2. The lowest BCUT2D eigenvalue weighted by molar-refractivity contribution is -0.666. The zero-order valence-corrected chi connectivity index (χ0v) is 20.9. The van der Waals surface area contributed by atoms with Crippen LogP contribution in [0.25, 0.3) is 33.2 Å². The zero-order chi connectivity index (χ0) is 26.7. The molecule has 174 valence electrons. The fourth-order valence-electron chi connectivity index (χ4n) is 5.37. The number of benzene rings is 2. The number of hydrogen-bond donors (Lipinski definition) is 0. The molecule has 1 saturated carbocycles. The Kier molecular flexibility index (Phi) is 5.04. The molecule has 0 bridgehead atoms. The van der Waals surface area contributed by atoms with Gasteiger partial charge >= 0.3 is 0 Å². The second-order valence-corrected chi connectivity index (χ2v) is 10.0. The molecule has 3 heteroatoms. The van der Waals surface area contributed by atoms with E-state index in [1.54, 1.807) is 0 Å². The van der Waals surface area contributed by atoms with Crippen molar-refractivity contribution < 1.29 is 13.1 Å². The third-order valence-electron chi connectivity index (χ3n) is 7.19. The molecule has 0 amide bonds. The average molecular weight is 455 g/mol. The van der Waals surface area contributed by atoms with Gasteiger partial charge in [-0.2, -0.15) is 9.83 Å². The SMILES string of the molecule is [2H]C1(c2cc(C#N)c3oc4c(-c5cc(C([2H])([2H])C(C)C)cc(C)[n+]5C)c(C)ccc4c3c2)CCCCC1. The van der Waals surface area contributed by atoms with Gasteiger partial charge in [0.2, 0.25) is 5.69 Å². The maximum atomic E-state index is 10.0. The average Bonchev–Trinajstić information content (AvgIpc) is 3.24. The highest BCUT2D eigenvalue weighted by Crippen LogP contribution is 2.41. The molecule has 0 saturated heterocycles. The quantitative estimate of drug-likeness (QED) is 0.295. The van der Waals surface area contributed by atoms with Gasteiger partial charge in [0.25, 0.3) is 0 Å². The van der Waals surface area contributed by atoms with Crippen LogP contribution in [0.2, 0.25) is 0 Å². The summed E-state index contributed by atoms with van der Waals surface area (Å²) in [7, 11) is 1.99. The van der Waals surface area contributed by atoms with Gasteiger partial charge < -0.3 is 4.42 Å². The molecule has 2 aromatic carbocycles. The zero-order valence-electron chi connectivity index (χ0n) is 23.9. The molecule has 1 aliphatic carbocycles. The lowest BCUT2D eigenvalue weighted by Gasteiger charge is -2.22. The van der Waals surface area contributed by atoms with Crippen molar-refractivity contribution in [1.29, 1.82) is 5.26 Å². The summed E-state index contributed by atoms with van der Waals surface area (Å²) < 4.78 is 35.2. The monoisotopic (exact) mass is 454 g/mol. The van der Waals surface area contributed by atoms with E-state index in [9.17, 15) is 6.63 Å². The Labute approximate surface area is 207 Å². The van der Waals surface area contributed by atoms with E-state index in [1.807, 2.05) is 59.0 Å². The van der Waals surface area contributed by atoms with Gasteiger partial charge in [-0.05, 0) is 66.8 Å². The highest BCUT2D eigenvalue weighted by Gasteiger charge is 2.25. The maximum absolute atomic E-state index is 10.0. The summed E-state index contributed by atoms with van der Waals surface area (Å²) in [5, 5.41) is 11.8. The first-order valence-corrected chi connectivity index (χ1v) is 12.4. The molecule has 3 nitrogen and oxygen atoms in total. The van der Waals surface area contributed by atoms with Gasteiger partial charge in [-0.15, -0.1) is 0 Å². The summed E-state index contributed by atoms with van der Waals surface area (Å²) in [5.41, 5.74) is 7.03. The van der Waals surface area contributed by atoms with E-state index < -0.39 is 12.3 Å². The Bertz CT molecular complexity index is 1570. The summed E-state index contributed by atoms with van der Waals surface area (Å²) in [6.07, 6.45) is 3.38. The Morgan fingerprint density at radius 3 is 2.56 bits per heavy atom. The Balaban J connectivity index is 1.81. The van der Waals surface area contributed by atoms with Crippen molar-refractivity contribution in [3.8, 4) is 17.3 Å². The lowest BCUT2D eigenvalue weighted by Crippen LogP contribution is -2.35. The smallest absolute Gasteiger partial charge is 0.216 e. The summed E-state index contributed by atoms with van der Waals surface area (Å²) >= 11 is 0. The molecule has 0 N–H and O–H groups in total. The second kappa shape index (κ2) is 8.91. The first-order chi connectivity index (χ1) is 17.5. The predicted molar refractivity (Wildman–Crippen MR) is 139 cm³/mol. The van der Waals surface area contributed by atoms with E-state index in [1.165, 1.54) is 0 Å². The van der Waals surface area contributed by atoms with Gasteiger partial charge in [0.1, 0.15) is 18.7 Å². The third kappa shape index (κ3) is 3.90. The summed E-state index contributed by atoms with van der Waals surface area (Å²) in [5.74, 6) is -0.848. The van der Waals surface area contributed by atoms with Crippen molar-refractivity contribution in [2.75, 3.05) is 0 Å². The maximum Gasteiger partial charge on any atom is 0.216 e. The minimum absolute atomic E-state index is 0.177. The molecule has 34 heavy (non-hydrogen) atoms. The molecular weight excluding hydrogens is 416 g/mol. The molecule has 2 aromatic heterocycles. The number of aryl methyl sites for hydroxylation is 2. The molecule has 0 unspecified atom stereocenters. The topological polar surface area (TPSA) is 40.8 Å². The van der Waals surface area contributed by atoms with E-state index in [4.69, 9.17) is 7.16 Å². The van der Waals surface area contributed by atoms with Gasteiger partial charge in [-0.1, -0.05) is 45.2 Å². The van der Waals surface area contributed by atoms with Gasteiger partial charge in [-0.3, -0.25) is 0 Å². The van der Waals surface area contributed by atoms with Crippen LogP contribution in [0.3, 0.4) is 0 Å². The van der Waals surface area contributed by atoms with Crippen LogP contribution in [0.1, 0.15) is 83.9 Å². The van der Waals surface area contributed by atoms with E-state index in [2.05, 4.69) is 22.8 Å². The number of fused-ring (bicyclic) bond motifs is 3. The van der Waals surface area contributed by atoms with Crippen molar-refractivity contribution in [2.24, 2.45) is 13.0 Å². The number of aromatic nitrogens is 1. The molecule has 0 aliphatic heterocycles. The fraction of sp³-hybridized carbons (Fsp3) is 0.419. The Morgan fingerprint density at radius 2 is 1.85 bits per heavy atom. The van der Waals surface area contributed by atoms with Crippen molar-refractivity contribution in [3.63, 3.8) is 0 Å². The minimum Gasteiger partial charge on any atom is -0.454 e. The molecule has 1 aliphatic rings. The van der Waals surface area contributed by atoms with E-state index in [0.29, 0.717) is 22.3 Å². The molecule has 2 heterocycles. The van der Waals surface area contributed by atoms with Crippen molar-refractivity contribution >= 4 is 21.9 Å². The number of nitrogens with zero attached hydrogens (tertiary/aromatic N) is 2. The van der Waals surface area contributed by atoms with Gasteiger partial charge in [0, 0.05) is 33.9 Å². The van der Waals surface area contributed by atoms with Crippen LogP contribution in [-0.4, -0.2) is 0 Å². The van der Waals surface area contributed by atoms with Crippen LogP contribution in [0.5, 0.6) is 0 Å². The van der Waals surface area contributed by atoms with Gasteiger partial charge in [-0.25, -0.2) is 0 Å². The van der Waals surface area contributed by atoms with E-state index >= 15 is 0 Å². The molecule has 5 rings (SSSR count). The Hall–Kier alpha value is -3.12.